The normalized spacial score (nSPS) is 25.9. The molecular formula is C16H24N2O. The number of fused-ring (bicyclic) bond motifs is 1. The van der Waals surface area contributed by atoms with Crippen LogP contribution in [-0.4, -0.2) is 32.8 Å². The smallest absolute Gasteiger partial charge is 0.0588 e. The molecule has 1 aromatic carbocycles. The van der Waals surface area contributed by atoms with E-state index in [1.807, 2.05) is 0 Å². The van der Waals surface area contributed by atoms with Crippen LogP contribution < -0.4 is 10.2 Å². The molecule has 0 radical (unpaired) electrons. The third-order valence-corrected chi connectivity index (χ3v) is 4.54. The Kier molecular flexibility index (Phi) is 3.76. The number of anilines is 1. The molecule has 1 N–H and O–H groups in total. The van der Waals surface area contributed by atoms with Crippen molar-refractivity contribution in [2.24, 2.45) is 5.92 Å². The molecule has 0 spiro atoms. The summed E-state index contributed by atoms with van der Waals surface area (Å²) < 4.78 is 5.59. The zero-order chi connectivity index (χ0) is 13.2. The summed E-state index contributed by atoms with van der Waals surface area (Å²) in [4.78, 5) is 2.34. The summed E-state index contributed by atoms with van der Waals surface area (Å²) in [5.74, 6) is 0.681. The summed E-state index contributed by atoms with van der Waals surface area (Å²) in [6, 6.07) is 6.88. The van der Waals surface area contributed by atoms with Crippen molar-refractivity contribution in [3.05, 3.63) is 29.3 Å². The lowest BCUT2D eigenvalue weighted by molar-refractivity contribution is 0.105. The van der Waals surface area contributed by atoms with E-state index in [2.05, 4.69) is 42.4 Å². The number of hydrogen-bond donors (Lipinski definition) is 1. The zero-order valence-electron chi connectivity index (χ0n) is 12.0. The maximum absolute atomic E-state index is 5.59. The SMILES string of the molecule is CC1OCCC1CNCc1ccc2c(c1)CCN2C. The molecule has 104 valence electrons. The van der Waals surface area contributed by atoms with E-state index < -0.39 is 0 Å². The van der Waals surface area contributed by atoms with Crippen LogP contribution in [0.3, 0.4) is 0 Å². The lowest BCUT2D eigenvalue weighted by Crippen LogP contribution is -2.26. The van der Waals surface area contributed by atoms with Gasteiger partial charge < -0.3 is 15.0 Å². The van der Waals surface area contributed by atoms with Crippen molar-refractivity contribution in [1.29, 1.82) is 0 Å². The Balaban J connectivity index is 1.53. The van der Waals surface area contributed by atoms with Gasteiger partial charge >= 0.3 is 0 Å². The van der Waals surface area contributed by atoms with Crippen molar-refractivity contribution in [3.63, 3.8) is 0 Å². The Morgan fingerprint density at radius 1 is 1.42 bits per heavy atom. The molecule has 19 heavy (non-hydrogen) atoms. The standard InChI is InChI=1S/C16H24N2O/c1-12-15(6-8-19-12)11-17-10-13-3-4-16-14(9-13)5-7-18(16)2/h3-4,9,12,15,17H,5-8,10-11H2,1-2H3. The monoisotopic (exact) mass is 260 g/mol. The first-order valence-corrected chi connectivity index (χ1v) is 7.39. The summed E-state index contributed by atoms with van der Waals surface area (Å²) in [6.07, 6.45) is 2.80. The summed E-state index contributed by atoms with van der Waals surface area (Å²) in [5.41, 5.74) is 4.31. The first-order chi connectivity index (χ1) is 9.24. The average Bonchev–Trinajstić information content (AvgIpc) is 2.97. The van der Waals surface area contributed by atoms with Crippen LogP contribution in [0.2, 0.25) is 0 Å². The average molecular weight is 260 g/mol. The van der Waals surface area contributed by atoms with Gasteiger partial charge in [-0.3, -0.25) is 0 Å². The fourth-order valence-corrected chi connectivity index (χ4v) is 3.18. The molecule has 3 heteroatoms. The molecule has 0 amide bonds. The Morgan fingerprint density at radius 3 is 3.11 bits per heavy atom. The highest BCUT2D eigenvalue weighted by Crippen LogP contribution is 2.27. The van der Waals surface area contributed by atoms with E-state index in [-0.39, 0.29) is 0 Å². The van der Waals surface area contributed by atoms with Crippen LogP contribution in [-0.2, 0) is 17.7 Å². The van der Waals surface area contributed by atoms with Gasteiger partial charge in [0.05, 0.1) is 6.10 Å². The van der Waals surface area contributed by atoms with Gasteiger partial charge in [0.2, 0.25) is 0 Å². The largest absolute Gasteiger partial charge is 0.378 e. The Labute approximate surface area is 115 Å². The lowest BCUT2D eigenvalue weighted by atomic mass is 10.0. The van der Waals surface area contributed by atoms with Gasteiger partial charge in [0, 0.05) is 39.0 Å². The molecule has 2 atom stereocenters. The molecule has 2 aliphatic heterocycles. The minimum atomic E-state index is 0.418. The van der Waals surface area contributed by atoms with Crippen molar-refractivity contribution >= 4 is 5.69 Å². The molecule has 0 bridgehead atoms. The number of ether oxygens (including phenoxy) is 1. The second-order valence-corrected chi connectivity index (χ2v) is 5.89. The summed E-state index contributed by atoms with van der Waals surface area (Å²) in [6.45, 7) is 6.31. The molecule has 2 aliphatic rings. The zero-order valence-corrected chi connectivity index (χ0v) is 12.0. The van der Waals surface area contributed by atoms with Gasteiger partial charge in [-0.15, -0.1) is 0 Å². The quantitative estimate of drug-likeness (QED) is 0.898. The van der Waals surface area contributed by atoms with Gasteiger partial charge in [-0.2, -0.15) is 0 Å². The molecule has 0 aliphatic carbocycles. The maximum atomic E-state index is 5.59. The molecule has 0 aromatic heterocycles. The highest BCUT2D eigenvalue weighted by molar-refractivity contribution is 5.58. The predicted octanol–water partition coefficient (Wildman–Crippen LogP) is 2.19. The molecule has 1 saturated heterocycles. The van der Waals surface area contributed by atoms with Crippen LogP contribution in [0.1, 0.15) is 24.5 Å². The molecule has 1 aromatic rings. The lowest BCUT2D eigenvalue weighted by Gasteiger charge is -2.15. The van der Waals surface area contributed by atoms with Crippen molar-refractivity contribution in [2.75, 3.05) is 31.6 Å². The minimum absolute atomic E-state index is 0.418. The summed E-state index contributed by atoms with van der Waals surface area (Å²) in [5, 5.41) is 3.58. The fourth-order valence-electron chi connectivity index (χ4n) is 3.18. The molecule has 0 saturated carbocycles. The number of benzene rings is 1. The van der Waals surface area contributed by atoms with Crippen LogP contribution in [0.25, 0.3) is 0 Å². The topological polar surface area (TPSA) is 24.5 Å². The van der Waals surface area contributed by atoms with Crippen molar-refractivity contribution < 1.29 is 4.74 Å². The predicted molar refractivity (Wildman–Crippen MR) is 78.6 cm³/mol. The molecule has 2 heterocycles. The van der Waals surface area contributed by atoms with Crippen LogP contribution in [0.5, 0.6) is 0 Å². The van der Waals surface area contributed by atoms with Gasteiger partial charge in [0.15, 0.2) is 0 Å². The van der Waals surface area contributed by atoms with E-state index in [4.69, 9.17) is 4.74 Å². The number of nitrogens with one attached hydrogen (secondary N) is 1. The number of nitrogens with zero attached hydrogens (tertiary/aromatic N) is 1. The first kappa shape index (κ1) is 12.9. The Hall–Kier alpha value is -1.06. The van der Waals surface area contributed by atoms with E-state index in [0.29, 0.717) is 12.0 Å². The molecule has 2 unspecified atom stereocenters. The van der Waals surface area contributed by atoms with Gasteiger partial charge in [-0.25, -0.2) is 0 Å². The van der Waals surface area contributed by atoms with E-state index in [1.54, 1.807) is 0 Å². The molecular weight excluding hydrogens is 236 g/mol. The Morgan fingerprint density at radius 2 is 2.32 bits per heavy atom. The third-order valence-electron chi connectivity index (χ3n) is 4.54. The van der Waals surface area contributed by atoms with Crippen LogP contribution in [0, 0.1) is 5.92 Å². The van der Waals surface area contributed by atoms with Gasteiger partial charge in [-0.05, 0) is 42.9 Å². The van der Waals surface area contributed by atoms with E-state index in [0.717, 1.165) is 26.2 Å². The molecule has 1 fully saturated rings. The van der Waals surface area contributed by atoms with Crippen molar-refractivity contribution in [2.45, 2.75) is 32.4 Å². The van der Waals surface area contributed by atoms with Crippen molar-refractivity contribution in [3.8, 4) is 0 Å². The maximum Gasteiger partial charge on any atom is 0.0588 e. The third kappa shape index (κ3) is 2.77. The summed E-state index contributed by atoms with van der Waals surface area (Å²) >= 11 is 0. The first-order valence-electron chi connectivity index (χ1n) is 7.39. The van der Waals surface area contributed by atoms with Crippen LogP contribution in [0.15, 0.2) is 18.2 Å². The van der Waals surface area contributed by atoms with E-state index in [1.165, 1.54) is 29.7 Å². The molecule has 3 nitrogen and oxygen atoms in total. The van der Waals surface area contributed by atoms with Crippen LogP contribution >= 0.6 is 0 Å². The fraction of sp³-hybridized carbons (Fsp3) is 0.625. The number of hydrogen-bond acceptors (Lipinski definition) is 3. The number of rotatable bonds is 4. The second kappa shape index (κ2) is 5.51. The summed E-state index contributed by atoms with van der Waals surface area (Å²) in [7, 11) is 2.17. The number of likely N-dealkylation sites (N-methyl/N-ethyl adjacent to an activating group) is 1. The Bertz CT molecular complexity index is 446. The van der Waals surface area contributed by atoms with E-state index >= 15 is 0 Å². The van der Waals surface area contributed by atoms with Gasteiger partial charge in [0.1, 0.15) is 0 Å². The van der Waals surface area contributed by atoms with Gasteiger partial charge in [0.25, 0.3) is 0 Å². The second-order valence-electron chi connectivity index (χ2n) is 5.89. The van der Waals surface area contributed by atoms with E-state index in [9.17, 15) is 0 Å². The van der Waals surface area contributed by atoms with Gasteiger partial charge in [-0.1, -0.05) is 12.1 Å². The van der Waals surface area contributed by atoms with Crippen molar-refractivity contribution in [1.82, 2.24) is 5.32 Å². The van der Waals surface area contributed by atoms with Crippen LogP contribution in [0.4, 0.5) is 5.69 Å². The highest BCUT2D eigenvalue weighted by Gasteiger charge is 2.23. The highest BCUT2D eigenvalue weighted by atomic mass is 16.5. The minimum Gasteiger partial charge on any atom is -0.378 e. The molecule has 3 rings (SSSR count).